The molecule has 0 saturated heterocycles. The highest BCUT2D eigenvalue weighted by Gasteiger charge is 2.35. The Kier molecular flexibility index (Phi) is 5.98. The molecule has 6 rings (SSSR count). The normalized spacial score (nSPS) is 15.2. The van der Waals surface area contributed by atoms with E-state index in [-0.39, 0.29) is 22.7 Å². The molecule has 2 heterocycles. The molecule has 0 spiro atoms. The summed E-state index contributed by atoms with van der Waals surface area (Å²) in [5.41, 5.74) is 3.06. The van der Waals surface area contributed by atoms with Gasteiger partial charge in [0.2, 0.25) is 0 Å². The molecule has 0 saturated carbocycles. The van der Waals surface area contributed by atoms with Crippen LogP contribution < -0.4 is 16.7 Å². The predicted molar refractivity (Wildman–Crippen MR) is 142 cm³/mol. The van der Waals surface area contributed by atoms with E-state index in [0.717, 1.165) is 11.1 Å². The second-order valence-electron chi connectivity index (χ2n) is 8.87. The summed E-state index contributed by atoms with van der Waals surface area (Å²) >= 11 is 0. The van der Waals surface area contributed by atoms with E-state index in [1.807, 2.05) is 66.7 Å². The Labute approximate surface area is 217 Å². The molecule has 0 bridgehead atoms. The minimum Gasteiger partial charge on any atom is -0.419 e. The number of Topliss-reactive ketones (excluding diaryl/α,β-unsaturated/α-hetero) is 1. The van der Waals surface area contributed by atoms with Gasteiger partial charge in [-0.2, -0.15) is 4.99 Å². The van der Waals surface area contributed by atoms with Crippen molar-refractivity contribution in [1.29, 1.82) is 0 Å². The Balaban J connectivity index is 1.66. The van der Waals surface area contributed by atoms with Crippen molar-refractivity contribution in [3.8, 4) is 0 Å². The van der Waals surface area contributed by atoms with Gasteiger partial charge in [-0.15, -0.1) is 0 Å². The van der Waals surface area contributed by atoms with Gasteiger partial charge in [-0.25, -0.2) is 8.96 Å². The molecule has 4 aromatic carbocycles. The summed E-state index contributed by atoms with van der Waals surface area (Å²) in [5.74, 6) is -0.609. The second kappa shape index (κ2) is 9.75. The van der Waals surface area contributed by atoms with Crippen molar-refractivity contribution in [3.63, 3.8) is 0 Å². The lowest BCUT2D eigenvalue weighted by molar-refractivity contribution is 0.102. The van der Waals surface area contributed by atoms with Gasteiger partial charge in [-0.1, -0.05) is 103 Å². The zero-order chi connectivity index (χ0) is 26.1. The molecule has 0 aliphatic carbocycles. The first-order chi connectivity index (χ1) is 18.6. The SMILES string of the molecule is O=C(C1=C(c2ccccc2)N=c2o/c(=C\c3ccc(F)cc3)c(=O)n2C1c1ccccc1)c1ccccc1. The predicted octanol–water partition coefficient (Wildman–Crippen LogP) is 4.93. The van der Waals surface area contributed by atoms with Crippen molar-refractivity contribution in [2.75, 3.05) is 0 Å². The van der Waals surface area contributed by atoms with Crippen LogP contribution in [-0.4, -0.2) is 10.4 Å². The van der Waals surface area contributed by atoms with Crippen LogP contribution in [0.1, 0.15) is 33.1 Å². The lowest BCUT2D eigenvalue weighted by Gasteiger charge is -2.25. The maximum Gasteiger partial charge on any atom is 0.306 e. The fourth-order valence-electron chi connectivity index (χ4n) is 4.66. The number of hydrogen-bond acceptors (Lipinski definition) is 4. The minimum atomic E-state index is -0.779. The van der Waals surface area contributed by atoms with Crippen LogP contribution >= 0.6 is 0 Å². The molecular weight excluding hydrogens is 479 g/mol. The number of allylic oxidation sites excluding steroid dienone is 1. The van der Waals surface area contributed by atoms with Gasteiger partial charge in [0, 0.05) is 11.1 Å². The molecule has 0 fully saturated rings. The average molecular weight is 501 g/mol. The van der Waals surface area contributed by atoms with E-state index in [9.17, 15) is 14.0 Å². The molecule has 0 N–H and O–H groups in total. The molecule has 1 unspecified atom stereocenters. The number of carbonyl (C=O) groups excluding carboxylic acids is 1. The maximum absolute atomic E-state index is 14.1. The first-order valence-corrected chi connectivity index (χ1v) is 12.1. The third kappa shape index (κ3) is 4.22. The molecule has 0 amide bonds. The van der Waals surface area contributed by atoms with Crippen molar-refractivity contribution in [2.45, 2.75) is 6.04 Å². The van der Waals surface area contributed by atoms with Crippen LogP contribution in [0.15, 0.2) is 135 Å². The smallest absolute Gasteiger partial charge is 0.306 e. The molecule has 6 heteroatoms. The summed E-state index contributed by atoms with van der Waals surface area (Å²) in [5, 5.41) is 0. The molecular formula is C32H21FN2O3. The Morgan fingerprint density at radius 3 is 2.08 bits per heavy atom. The van der Waals surface area contributed by atoms with E-state index >= 15 is 0 Å². The molecule has 184 valence electrons. The standard InChI is InChI=1S/C32H21FN2O3/c33-25-18-16-21(17-19-25)20-26-31(37)35-29(23-12-6-2-7-13-23)27(30(36)24-14-8-3-9-15-24)28(34-32(35)38-26)22-10-4-1-5-11-22/h1-20,29H/b26-20-. The molecule has 1 aliphatic rings. The summed E-state index contributed by atoms with van der Waals surface area (Å²) in [6, 6.07) is 32.7. The van der Waals surface area contributed by atoms with Gasteiger partial charge in [0.25, 0.3) is 5.56 Å². The van der Waals surface area contributed by atoms with Gasteiger partial charge < -0.3 is 4.42 Å². The van der Waals surface area contributed by atoms with Gasteiger partial charge in [0.05, 0.1) is 17.3 Å². The number of ketones is 1. The fourth-order valence-corrected chi connectivity index (χ4v) is 4.66. The van der Waals surface area contributed by atoms with Gasteiger partial charge in [-0.3, -0.25) is 9.59 Å². The van der Waals surface area contributed by atoms with Gasteiger partial charge in [0.1, 0.15) is 5.82 Å². The van der Waals surface area contributed by atoms with E-state index in [1.54, 1.807) is 42.5 Å². The van der Waals surface area contributed by atoms with Crippen LogP contribution in [0.4, 0.5) is 4.39 Å². The van der Waals surface area contributed by atoms with Crippen molar-refractivity contribution >= 4 is 17.6 Å². The van der Waals surface area contributed by atoms with Crippen LogP contribution in [-0.2, 0) is 0 Å². The van der Waals surface area contributed by atoms with Crippen molar-refractivity contribution in [1.82, 2.24) is 4.57 Å². The first-order valence-electron chi connectivity index (χ1n) is 12.1. The Morgan fingerprint density at radius 2 is 1.42 bits per heavy atom. The van der Waals surface area contributed by atoms with Crippen LogP contribution in [0, 0.1) is 5.82 Å². The topological polar surface area (TPSA) is 64.6 Å². The van der Waals surface area contributed by atoms with Crippen LogP contribution in [0.2, 0.25) is 0 Å². The zero-order valence-electron chi connectivity index (χ0n) is 20.1. The molecule has 5 nitrogen and oxygen atoms in total. The highest BCUT2D eigenvalue weighted by molar-refractivity contribution is 6.14. The molecule has 38 heavy (non-hydrogen) atoms. The number of fused-ring (bicyclic) bond motifs is 1. The van der Waals surface area contributed by atoms with E-state index in [1.165, 1.54) is 16.7 Å². The highest BCUT2D eigenvalue weighted by Crippen LogP contribution is 2.36. The summed E-state index contributed by atoms with van der Waals surface area (Å²) in [7, 11) is 0. The first kappa shape index (κ1) is 23.3. The van der Waals surface area contributed by atoms with Crippen molar-refractivity contribution < 1.29 is 13.6 Å². The van der Waals surface area contributed by atoms with E-state index in [2.05, 4.69) is 0 Å². The lowest BCUT2D eigenvalue weighted by Crippen LogP contribution is -2.39. The summed E-state index contributed by atoms with van der Waals surface area (Å²) in [4.78, 5) is 32.6. The molecule has 1 aromatic heterocycles. The Bertz CT molecular complexity index is 1840. The molecule has 1 aliphatic heterocycles. The molecule has 5 aromatic rings. The maximum atomic E-state index is 14.1. The van der Waals surface area contributed by atoms with E-state index in [0.29, 0.717) is 22.4 Å². The Hall–Kier alpha value is -5.10. The van der Waals surface area contributed by atoms with E-state index < -0.39 is 11.6 Å². The molecule has 0 radical (unpaired) electrons. The Morgan fingerprint density at radius 1 is 0.816 bits per heavy atom. The second-order valence-corrected chi connectivity index (χ2v) is 8.87. The summed E-state index contributed by atoms with van der Waals surface area (Å²) < 4.78 is 20.9. The molecule has 1 atom stereocenters. The number of oxazole rings is 1. The van der Waals surface area contributed by atoms with Crippen LogP contribution in [0.3, 0.4) is 0 Å². The number of hydrogen-bond donors (Lipinski definition) is 0. The van der Waals surface area contributed by atoms with Gasteiger partial charge in [0.15, 0.2) is 11.2 Å². The number of aromatic nitrogens is 1. The average Bonchev–Trinajstić information content (AvgIpc) is 3.28. The zero-order valence-corrected chi connectivity index (χ0v) is 20.1. The summed E-state index contributed by atoms with van der Waals surface area (Å²) in [6.45, 7) is 0. The van der Waals surface area contributed by atoms with Gasteiger partial charge >= 0.3 is 5.68 Å². The third-order valence-electron chi connectivity index (χ3n) is 6.44. The number of rotatable bonds is 5. The summed E-state index contributed by atoms with van der Waals surface area (Å²) in [6.07, 6.45) is 1.55. The van der Waals surface area contributed by atoms with Crippen LogP contribution in [0.25, 0.3) is 11.8 Å². The quantitative estimate of drug-likeness (QED) is 0.322. The number of benzene rings is 4. The van der Waals surface area contributed by atoms with Crippen LogP contribution in [0.5, 0.6) is 0 Å². The number of halogens is 1. The largest absolute Gasteiger partial charge is 0.419 e. The van der Waals surface area contributed by atoms with Crippen molar-refractivity contribution in [3.05, 3.63) is 170 Å². The monoisotopic (exact) mass is 500 g/mol. The number of nitrogens with zero attached hydrogens (tertiary/aromatic N) is 2. The van der Waals surface area contributed by atoms with E-state index in [4.69, 9.17) is 9.41 Å². The minimum absolute atomic E-state index is 0.0390. The number of carbonyl (C=O) groups is 1. The van der Waals surface area contributed by atoms with Crippen molar-refractivity contribution in [2.24, 2.45) is 4.99 Å². The lowest BCUT2D eigenvalue weighted by atomic mass is 9.88. The third-order valence-corrected chi connectivity index (χ3v) is 6.44. The fraction of sp³-hybridized carbons (Fsp3) is 0.0312. The van der Waals surface area contributed by atoms with Gasteiger partial charge in [-0.05, 0) is 29.3 Å². The highest BCUT2D eigenvalue weighted by atomic mass is 19.1.